The van der Waals surface area contributed by atoms with E-state index in [2.05, 4.69) is 10.3 Å². The lowest BCUT2D eigenvalue weighted by molar-refractivity contribution is -0.126. The number of benzene rings is 2. The van der Waals surface area contributed by atoms with Crippen molar-refractivity contribution in [2.24, 2.45) is 0 Å². The summed E-state index contributed by atoms with van der Waals surface area (Å²) < 4.78 is 34.4. The highest BCUT2D eigenvalue weighted by Gasteiger charge is 2.41. The monoisotopic (exact) mass is 427 g/mol. The maximum Gasteiger partial charge on any atom is 0.244 e. The van der Waals surface area contributed by atoms with Gasteiger partial charge in [-0.15, -0.1) is 0 Å². The Morgan fingerprint density at radius 3 is 2.57 bits per heavy atom. The fourth-order valence-corrected chi connectivity index (χ4v) is 5.78. The number of carbonyl (C=O) groups excluding carboxylic acids is 1. The van der Waals surface area contributed by atoms with Gasteiger partial charge in [-0.2, -0.15) is 4.31 Å². The van der Waals surface area contributed by atoms with Gasteiger partial charge in [0.1, 0.15) is 11.6 Å². The molecular weight excluding hydrogens is 402 g/mol. The molecule has 0 radical (unpaired) electrons. The Morgan fingerprint density at radius 1 is 1.13 bits per heavy atom. The molecule has 0 aliphatic carbocycles. The van der Waals surface area contributed by atoms with Crippen LogP contribution in [-0.2, 0) is 26.7 Å². The van der Waals surface area contributed by atoms with Crippen LogP contribution in [0.1, 0.15) is 32.2 Å². The lowest BCUT2D eigenvalue weighted by Crippen LogP contribution is -2.58. The van der Waals surface area contributed by atoms with Crippen LogP contribution in [0.5, 0.6) is 0 Å². The zero-order valence-corrected chi connectivity index (χ0v) is 18.1. The standard InChI is InChI=1S/C22H25N3O4S/c1-22(2,3)15-8-4-7-11-19(15)30(27,28)25-13-12-23-21(26)17(25)14-20-24-16-9-5-6-10-18(16)29-20/h4-11,17H,12-14H2,1-3H3,(H,23,26). The molecule has 1 aliphatic heterocycles. The van der Waals surface area contributed by atoms with Gasteiger partial charge in [0, 0.05) is 19.5 Å². The summed E-state index contributed by atoms with van der Waals surface area (Å²) in [7, 11) is -3.91. The molecule has 2 aromatic carbocycles. The molecule has 4 rings (SSSR count). The molecule has 1 unspecified atom stereocenters. The van der Waals surface area contributed by atoms with Crippen molar-refractivity contribution < 1.29 is 17.6 Å². The third-order valence-electron chi connectivity index (χ3n) is 5.27. The second kappa shape index (κ2) is 7.52. The minimum atomic E-state index is -3.91. The molecule has 1 saturated heterocycles. The highest BCUT2D eigenvalue weighted by Crippen LogP contribution is 2.32. The van der Waals surface area contributed by atoms with Crippen LogP contribution in [0, 0.1) is 0 Å². The summed E-state index contributed by atoms with van der Waals surface area (Å²) in [5, 5.41) is 2.77. The minimum Gasteiger partial charge on any atom is -0.441 e. The molecule has 2 heterocycles. The van der Waals surface area contributed by atoms with Crippen LogP contribution in [0.4, 0.5) is 0 Å². The zero-order chi connectivity index (χ0) is 21.5. The third kappa shape index (κ3) is 3.73. The molecule has 1 fully saturated rings. The second-order valence-electron chi connectivity index (χ2n) is 8.45. The van der Waals surface area contributed by atoms with Crippen molar-refractivity contribution in [3.8, 4) is 0 Å². The Balaban J connectivity index is 1.73. The number of sulfonamides is 1. The number of aromatic nitrogens is 1. The number of oxazole rings is 1. The van der Waals surface area contributed by atoms with Crippen molar-refractivity contribution in [3.63, 3.8) is 0 Å². The molecule has 1 atom stereocenters. The maximum absolute atomic E-state index is 13.7. The van der Waals surface area contributed by atoms with E-state index in [4.69, 9.17) is 4.42 Å². The number of hydrogen-bond acceptors (Lipinski definition) is 5. The fourth-order valence-electron chi connectivity index (χ4n) is 3.79. The van der Waals surface area contributed by atoms with Crippen LogP contribution >= 0.6 is 0 Å². The molecule has 1 aliphatic rings. The quantitative estimate of drug-likeness (QED) is 0.691. The summed E-state index contributed by atoms with van der Waals surface area (Å²) in [4.78, 5) is 17.3. The molecule has 0 spiro atoms. The molecular formula is C22H25N3O4S. The number of para-hydroxylation sites is 2. The number of nitrogens with zero attached hydrogens (tertiary/aromatic N) is 2. The van der Waals surface area contributed by atoms with E-state index >= 15 is 0 Å². The van der Waals surface area contributed by atoms with Gasteiger partial charge in [0.05, 0.1) is 4.90 Å². The van der Waals surface area contributed by atoms with Crippen molar-refractivity contribution in [2.45, 2.75) is 43.5 Å². The molecule has 30 heavy (non-hydrogen) atoms. The summed E-state index contributed by atoms with van der Waals surface area (Å²) >= 11 is 0. The lowest BCUT2D eigenvalue weighted by atomic mass is 9.87. The minimum absolute atomic E-state index is 0.0669. The number of rotatable bonds is 4. The first-order valence-electron chi connectivity index (χ1n) is 9.91. The molecule has 1 aromatic heterocycles. The molecule has 8 heteroatoms. The molecule has 7 nitrogen and oxygen atoms in total. The van der Waals surface area contributed by atoms with E-state index in [-0.39, 0.29) is 35.7 Å². The van der Waals surface area contributed by atoms with Crippen molar-refractivity contribution in [3.05, 3.63) is 60.0 Å². The Hall–Kier alpha value is -2.71. The van der Waals surface area contributed by atoms with Gasteiger partial charge >= 0.3 is 0 Å². The molecule has 1 N–H and O–H groups in total. The smallest absolute Gasteiger partial charge is 0.244 e. The zero-order valence-electron chi connectivity index (χ0n) is 17.3. The summed E-state index contributed by atoms with van der Waals surface area (Å²) in [6, 6.07) is 13.3. The Labute approximate surface area is 176 Å². The van der Waals surface area contributed by atoms with Gasteiger partial charge < -0.3 is 9.73 Å². The van der Waals surface area contributed by atoms with Crippen molar-refractivity contribution in [1.29, 1.82) is 0 Å². The average molecular weight is 428 g/mol. The van der Waals surface area contributed by atoms with Crippen molar-refractivity contribution in [1.82, 2.24) is 14.6 Å². The van der Waals surface area contributed by atoms with Crippen molar-refractivity contribution >= 4 is 27.0 Å². The highest BCUT2D eigenvalue weighted by molar-refractivity contribution is 7.89. The van der Waals surface area contributed by atoms with Crippen LogP contribution in [0.15, 0.2) is 57.8 Å². The van der Waals surface area contributed by atoms with E-state index in [9.17, 15) is 13.2 Å². The molecule has 158 valence electrons. The van der Waals surface area contributed by atoms with Crippen LogP contribution in [-0.4, -0.2) is 42.7 Å². The van der Waals surface area contributed by atoms with Gasteiger partial charge in [-0.05, 0) is 29.2 Å². The first kappa shape index (κ1) is 20.6. The summed E-state index contributed by atoms with van der Waals surface area (Å²) in [5.41, 5.74) is 1.64. The lowest BCUT2D eigenvalue weighted by Gasteiger charge is -2.34. The van der Waals surface area contributed by atoms with E-state index in [1.54, 1.807) is 18.2 Å². The summed E-state index contributed by atoms with van der Waals surface area (Å²) in [6.07, 6.45) is 0.0669. The molecule has 0 bridgehead atoms. The predicted octanol–water partition coefficient (Wildman–Crippen LogP) is 2.86. The fraction of sp³-hybridized carbons (Fsp3) is 0.364. The first-order chi connectivity index (χ1) is 14.2. The van der Waals surface area contributed by atoms with Gasteiger partial charge in [-0.25, -0.2) is 13.4 Å². The predicted molar refractivity (Wildman–Crippen MR) is 114 cm³/mol. The SMILES string of the molecule is CC(C)(C)c1ccccc1S(=O)(=O)N1CCNC(=O)C1Cc1nc2ccccc2o1. The summed E-state index contributed by atoms with van der Waals surface area (Å²) in [6.45, 7) is 6.37. The van der Waals surface area contributed by atoms with Crippen LogP contribution in [0.2, 0.25) is 0 Å². The topological polar surface area (TPSA) is 92.5 Å². The van der Waals surface area contributed by atoms with E-state index in [0.29, 0.717) is 17.0 Å². The highest BCUT2D eigenvalue weighted by atomic mass is 32.2. The van der Waals surface area contributed by atoms with E-state index in [1.807, 2.05) is 51.1 Å². The third-order valence-corrected chi connectivity index (χ3v) is 7.24. The van der Waals surface area contributed by atoms with Crippen molar-refractivity contribution in [2.75, 3.05) is 13.1 Å². The van der Waals surface area contributed by atoms with Gasteiger partial charge in [0.2, 0.25) is 15.9 Å². The Kier molecular flexibility index (Phi) is 5.15. The number of nitrogens with one attached hydrogen (secondary N) is 1. The largest absolute Gasteiger partial charge is 0.441 e. The van der Waals surface area contributed by atoms with Gasteiger partial charge in [0.15, 0.2) is 11.5 Å². The van der Waals surface area contributed by atoms with E-state index in [1.165, 1.54) is 4.31 Å². The van der Waals surface area contributed by atoms with Gasteiger partial charge in [-0.3, -0.25) is 4.79 Å². The van der Waals surface area contributed by atoms with E-state index in [0.717, 1.165) is 5.56 Å². The second-order valence-corrected chi connectivity index (χ2v) is 10.3. The molecule has 0 saturated carbocycles. The number of amides is 1. The van der Waals surface area contributed by atoms with E-state index < -0.39 is 16.1 Å². The van der Waals surface area contributed by atoms with Crippen LogP contribution in [0.25, 0.3) is 11.1 Å². The van der Waals surface area contributed by atoms with Crippen LogP contribution in [0.3, 0.4) is 0 Å². The number of carbonyl (C=O) groups is 1. The Morgan fingerprint density at radius 2 is 1.83 bits per heavy atom. The van der Waals surface area contributed by atoms with Gasteiger partial charge in [-0.1, -0.05) is 51.1 Å². The molecule has 1 amide bonds. The number of piperazine rings is 1. The number of hydrogen-bond donors (Lipinski definition) is 1. The molecule has 3 aromatic rings. The summed E-state index contributed by atoms with van der Waals surface area (Å²) in [5.74, 6) is -0.0112. The number of fused-ring (bicyclic) bond motifs is 1. The first-order valence-corrected chi connectivity index (χ1v) is 11.4. The maximum atomic E-state index is 13.7. The average Bonchev–Trinajstić information content (AvgIpc) is 3.11. The van der Waals surface area contributed by atoms with Gasteiger partial charge in [0.25, 0.3) is 0 Å². The van der Waals surface area contributed by atoms with Crippen LogP contribution < -0.4 is 5.32 Å². The Bertz CT molecular complexity index is 1160. The normalized spacial score (nSPS) is 18.5.